The Labute approximate surface area is 124 Å². The van der Waals surface area contributed by atoms with E-state index in [4.69, 9.17) is 11.6 Å². The first-order chi connectivity index (χ1) is 9.46. The quantitative estimate of drug-likeness (QED) is 0.838. The van der Waals surface area contributed by atoms with E-state index in [0.29, 0.717) is 6.42 Å². The fourth-order valence-electron chi connectivity index (χ4n) is 2.31. The van der Waals surface area contributed by atoms with Gasteiger partial charge in [-0.3, -0.25) is 4.79 Å². The zero-order valence-corrected chi connectivity index (χ0v) is 12.7. The van der Waals surface area contributed by atoms with Crippen LogP contribution in [-0.4, -0.2) is 37.2 Å². The predicted octanol–water partition coefficient (Wildman–Crippen LogP) is 1.53. The van der Waals surface area contributed by atoms with Crippen molar-refractivity contribution in [3.05, 3.63) is 35.9 Å². The molecule has 1 aliphatic heterocycles. The van der Waals surface area contributed by atoms with Gasteiger partial charge in [-0.25, -0.2) is 8.42 Å². The fraction of sp³-hybridized carbons (Fsp3) is 0.500. The minimum absolute atomic E-state index is 0.0500. The van der Waals surface area contributed by atoms with Crippen LogP contribution in [0.25, 0.3) is 0 Å². The van der Waals surface area contributed by atoms with E-state index in [1.54, 1.807) is 0 Å². The zero-order chi connectivity index (χ0) is 14.6. The highest BCUT2D eigenvalue weighted by Crippen LogP contribution is 2.18. The number of nitrogens with one attached hydrogen (secondary N) is 1. The molecule has 0 aliphatic carbocycles. The van der Waals surface area contributed by atoms with E-state index in [9.17, 15) is 13.2 Å². The van der Waals surface area contributed by atoms with Crippen LogP contribution in [0.15, 0.2) is 30.3 Å². The predicted molar refractivity (Wildman–Crippen MR) is 79.6 cm³/mol. The average Bonchev–Trinajstić information content (AvgIpc) is 2.63. The maximum atomic E-state index is 11.8. The summed E-state index contributed by atoms with van der Waals surface area (Å²) in [6.45, 7) is 0. The van der Waals surface area contributed by atoms with Crippen molar-refractivity contribution in [2.45, 2.75) is 30.7 Å². The third kappa shape index (κ3) is 4.49. The second-order valence-electron chi connectivity index (χ2n) is 5.11. The molecular weight excluding hydrogens is 298 g/mol. The minimum atomic E-state index is -3.10. The smallest absolute Gasteiger partial charge is 0.220 e. The molecule has 2 unspecified atom stereocenters. The first-order valence-electron chi connectivity index (χ1n) is 6.64. The van der Waals surface area contributed by atoms with Crippen molar-refractivity contribution in [2.75, 3.05) is 11.5 Å². The number of benzene rings is 1. The second kappa shape index (κ2) is 6.59. The molecule has 0 radical (unpaired) electrons. The van der Waals surface area contributed by atoms with Crippen molar-refractivity contribution in [3.63, 3.8) is 0 Å². The lowest BCUT2D eigenvalue weighted by Crippen LogP contribution is -2.40. The Balaban J connectivity index is 1.73. The summed E-state index contributed by atoms with van der Waals surface area (Å²) in [6.07, 6.45) is 1.96. The Kier molecular flexibility index (Phi) is 5.05. The molecule has 1 heterocycles. The molecule has 2 atom stereocenters. The van der Waals surface area contributed by atoms with E-state index in [1.807, 2.05) is 30.3 Å². The SMILES string of the molecule is O=C(CCCc1ccccc1)NC1CS(=O)(=O)CC1Cl. The lowest BCUT2D eigenvalue weighted by molar-refractivity contribution is -0.121. The van der Waals surface area contributed by atoms with Gasteiger partial charge in [-0.05, 0) is 18.4 Å². The molecule has 1 saturated heterocycles. The van der Waals surface area contributed by atoms with Crippen LogP contribution < -0.4 is 5.32 Å². The van der Waals surface area contributed by atoms with Gasteiger partial charge in [0.15, 0.2) is 9.84 Å². The van der Waals surface area contributed by atoms with Crippen molar-refractivity contribution in [1.29, 1.82) is 0 Å². The summed E-state index contributed by atoms with van der Waals surface area (Å²) in [6, 6.07) is 9.49. The maximum absolute atomic E-state index is 11.8. The van der Waals surface area contributed by atoms with E-state index >= 15 is 0 Å². The van der Waals surface area contributed by atoms with E-state index in [2.05, 4.69) is 5.32 Å². The summed E-state index contributed by atoms with van der Waals surface area (Å²) in [5.74, 6) is -0.233. The van der Waals surface area contributed by atoms with Crippen molar-refractivity contribution in [3.8, 4) is 0 Å². The number of hydrogen-bond donors (Lipinski definition) is 1. The van der Waals surface area contributed by atoms with Gasteiger partial charge >= 0.3 is 0 Å². The molecule has 0 aromatic heterocycles. The molecule has 6 heteroatoms. The summed E-state index contributed by atoms with van der Waals surface area (Å²) in [5.41, 5.74) is 1.19. The standard InChI is InChI=1S/C14H18ClNO3S/c15-12-9-20(18,19)10-13(12)16-14(17)8-4-7-11-5-2-1-3-6-11/h1-3,5-6,12-13H,4,7-10H2,(H,16,17). The molecule has 4 nitrogen and oxygen atoms in total. The van der Waals surface area contributed by atoms with Crippen LogP contribution in [0, 0.1) is 0 Å². The molecule has 2 rings (SSSR count). The number of carbonyl (C=O) groups excluding carboxylic acids is 1. The number of alkyl halides is 1. The van der Waals surface area contributed by atoms with E-state index in [0.717, 1.165) is 12.8 Å². The number of carbonyl (C=O) groups is 1. The summed E-state index contributed by atoms with van der Waals surface area (Å²) < 4.78 is 22.8. The Hall–Kier alpha value is -1.07. The van der Waals surface area contributed by atoms with Crippen LogP contribution in [0.4, 0.5) is 0 Å². The van der Waals surface area contributed by atoms with Crippen LogP contribution in [0.2, 0.25) is 0 Å². The van der Waals surface area contributed by atoms with Gasteiger partial charge < -0.3 is 5.32 Å². The third-order valence-electron chi connectivity index (χ3n) is 3.34. The Morgan fingerprint density at radius 1 is 1.25 bits per heavy atom. The number of hydrogen-bond acceptors (Lipinski definition) is 3. The zero-order valence-electron chi connectivity index (χ0n) is 11.1. The number of sulfone groups is 1. The first-order valence-corrected chi connectivity index (χ1v) is 8.90. The van der Waals surface area contributed by atoms with Gasteiger partial charge in [-0.2, -0.15) is 0 Å². The molecule has 1 aliphatic rings. The van der Waals surface area contributed by atoms with Crippen LogP contribution in [0.1, 0.15) is 18.4 Å². The minimum Gasteiger partial charge on any atom is -0.351 e. The monoisotopic (exact) mass is 315 g/mol. The van der Waals surface area contributed by atoms with Crippen LogP contribution >= 0.6 is 11.6 Å². The van der Waals surface area contributed by atoms with Crippen LogP contribution in [0.5, 0.6) is 0 Å². The molecule has 0 saturated carbocycles. The average molecular weight is 316 g/mol. The highest BCUT2D eigenvalue weighted by Gasteiger charge is 2.37. The third-order valence-corrected chi connectivity index (χ3v) is 5.72. The molecule has 1 N–H and O–H groups in total. The normalized spacial score (nSPS) is 24.4. The van der Waals surface area contributed by atoms with Gasteiger partial charge in [0.05, 0.1) is 22.9 Å². The Bertz CT molecular complexity index is 559. The molecule has 1 fully saturated rings. The van der Waals surface area contributed by atoms with Gasteiger partial charge in [-0.15, -0.1) is 11.6 Å². The van der Waals surface area contributed by atoms with Crippen molar-refractivity contribution < 1.29 is 13.2 Å². The summed E-state index contributed by atoms with van der Waals surface area (Å²) in [7, 11) is -3.10. The van der Waals surface area contributed by atoms with Crippen molar-refractivity contribution in [2.24, 2.45) is 0 Å². The van der Waals surface area contributed by atoms with Gasteiger partial charge in [0, 0.05) is 6.42 Å². The molecule has 1 aromatic rings. The summed E-state index contributed by atoms with van der Waals surface area (Å²) in [5, 5.41) is 2.20. The molecule has 20 heavy (non-hydrogen) atoms. The van der Waals surface area contributed by atoms with E-state index in [1.165, 1.54) is 5.56 Å². The highest BCUT2D eigenvalue weighted by molar-refractivity contribution is 7.91. The molecule has 0 bridgehead atoms. The van der Waals surface area contributed by atoms with Crippen molar-refractivity contribution in [1.82, 2.24) is 5.32 Å². The highest BCUT2D eigenvalue weighted by atomic mass is 35.5. The van der Waals surface area contributed by atoms with Crippen LogP contribution in [-0.2, 0) is 21.1 Å². The number of rotatable bonds is 5. The summed E-state index contributed by atoms with van der Waals surface area (Å²) in [4.78, 5) is 11.8. The van der Waals surface area contributed by atoms with Crippen molar-refractivity contribution >= 4 is 27.3 Å². The maximum Gasteiger partial charge on any atom is 0.220 e. The molecular formula is C14H18ClNO3S. The second-order valence-corrected chi connectivity index (χ2v) is 7.82. The number of amides is 1. The van der Waals surface area contributed by atoms with Gasteiger partial charge in [-0.1, -0.05) is 30.3 Å². The van der Waals surface area contributed by atoms with E-state index in [-0.39, 0.29) is 17.4 Å². The van der Waals surface area contributed by atoms with Gasteiger partial charge in [0.25, 0.3) is 0 Å². The molecule has 1 amide bonds. The summed E-state index contributed by atoms with van der Waals surface area (Å²) >= 11 is 5.94. The molecule has 0 spiro atoms. The topological polar surface area (TPSA) is 63.2 Å². The Morgan fingerprint density at radius 3 is 2.55 bits per heavy atom. The van der Waals surface area contributed by atoms with E-state index < -0.39 is 21.3 Å². The lowest BCUT2D eigenvalue weighted by Gasteiger charge is -2.14. The lowest BCUT2D eigenvalue weighted by atomic mass is 10.1. The first kappa shape index (κ1) is 15.3. The number of aryl methyl sites for hydroxylation is 1. The Morgan fingerprint density at radius 2 is 1.95 bits per heavy atom. The van der Waals surface area contributed by atoms with Crippen LogP contribution in [0.3, 0.4) is 0 Å². The van der Waals surface area contributed by atoms with Gasteiger partial charge in [0.1, 0.15) is 0 Å². The largest absolute Gasteiger partial charge is 0.351 e. The van der Waals surface area contributed by atoms with Gasteiger partial charge in [0.2, 0.25) is 5.91 Å². The number of halogens is 1. The molecule has 110 valence electrons. The molecule has 1 aromatic carbocycles. The fourth-order valence-corrected chi connectivity index (χ4v) is 4.86.